The smallest absolute Gasteiger partial charge is 0.226 e. The molecule has 3 N–H and O–H groups in total. The van der Waals surface area contributed by atoms with E-state index in [1.807, 2.05) is 0 Å². The number of thiocarbonyl (C=S) groups is 1. The Kier molecular flexibility index (Phi) is 4.88. The molecule has 86 valence electrons. The molecule has 1 aromatic rings. The molecule has 0 saturated heterocycles. The van der Waals surface area contributed by atoms with Gasteiger partial charge in [0.25, 0.3) is 0 Å². The van der Waals surface area contributed by atoms with Crippen LogP contribution < -0.4 is 11.1 Å². The maximum Gasteiger partial charge on any atom is 0.226 e. The third-order valence-electron chi connectivity index (χ3n) is 1.99. The number of ether oxygens (including phenoxy) is 1. The van der Waals surface area contributed by atoms with Crippen molar-refractivity contribution in [1.82, 2.24) is 0 Å². The van der Waals surface area contributed by atoms with E-state index in [2.05, 4.69) is 5.32 Å². The lowest BCUT2D eigenvalue weighted by Gasteiger charge is -2.05. The number of carbonyl (C=O) groups is 1. The van der Waals surface area contributed by atoms with Gasteiger partial charge in [-0.15, -0.1) is 0 Å². The molecule has 0 fully saturated rings. The first-order valence-corrected chi connectivity index (χ1v) is 5.23. The number of carbonyl (C=O) groups excluding carboxylic acids is 1. The number of anilines is 1. The zero-order valence-electron chi connectivity index (χ0n) is 9.03. The first-order valence-electron chi connectivity index (χ1n) is 4.82. The van der Waals surface area contributed by atoms with Crippen molar-refractivity contribution >= 4 is 28.8 Å². The third kappa shape index (κ3) is 3.96. The Bertz CT molecular complexity index is 376. The standard InChI is InChI=1S/C11H14N2O2S/c1-15-7-6-10(14)13-9-4-2-8(3-5-9)11(12)16/h2-5H,6-7H2,1H3,(H2,12,16)(H,13,14). The van der Waals surface area contributed by atoms with E-state index in [9.17, 15) is 4.79 Å². The second-order valence-electron chi connectivity index (χ2n) is 3.23. The molecule has 0 unspecified atom stereocenters. The number of benzene rings is 1. The summed E-state index contributed by atoms with van der Waals surface area (Å²) in [4.78, 5) is 11.7. The fourth-order valence-corrected chi connectivity index (χ4v) is 1.27. The second kappa shape index (κ2) is 6.19. The molecule has 0 aliphatic carbocycles. The van der Waals surface area contributed by atoms with Crippen molar-refractivity contribution in [3.05, 3.63) is 29.8 Å². The van der Waals surface area contributed by atoms with Crippen LogP contribution in [0.25, 0.3) is 0 Å². The van der Waals surface area contributed by atoms with E-state index in [0.29, 0.717) is 18.0 Å². The number of rotatable bonds is 5. The molecule has 0 spiro atoms. The highest BCUT2D eigenvalue weighted by Crippen LogP contribution is 2.09. The highest BCUT2D eigenvalue weighted by atomic mass is 32.1. The van der Waals surface area contributed by atoms with Crippen LogP contribution >= 0.6 is 12.2 Å². The fourth-order valence-electron chi connectivity index (χ4n) is 1.14. The summed E-state index contributed by atoms with van der Waals surface area (Å²) >= 11 is 4.82. The van der Waals surface area contributed by atoms with E-state index in [4.69, 9.17) is 22.7 Å². The molecular weight excluding hydrogens is 224 g/mol. The number of nitrogens with one attached hydrogen (secondary N) is 1. The van der Waals surface area contributed by atoms with Crippen molar-refractivity contribution < 1.29 is 9.53 Å². The summed E-state index contributed by atoms with van der Waals surface area (Å²) < 4.78 is 4.81. The number of hydrogen-bond donors (Lipinski definition) is 2. The average molecular weight is 238 g/mol. The summed E-state index contributed by atoms with van der Waals surface area (Å²) in [5, 5.41) is 2.74. The van der Waals surface area contributed by atoms with Crippen LogP contribution in [0, 0.1) is 0 Å². The van der Waals surface area contributed by atoms with Crippen LogP contribution in [0.2, 0.25) is 0 Å². The van der Waals surface area contributed by atoms with E-state index in [0.717, 1.165) is 11.3 Å². The summed E-state index contributed by atoms with van der Waals surface area (Å²) in [6.07, 6.45) is 0.341. The zero-order valence-corrected chi connectivity index (χ0v) is 9.84. The minimum Gasteiger partial charge on any atom is -0.389 e. The molecule has 0 bridgehead atoms. The summed E-state index contributed by atoms with van der Waals surface area (Å²) in [6, 6.07) is 7.07. The Hall–Kier alpha value is -1.46. The lowest BCUT2D eigenvalue weighted by molar-refractivity contribution is -0.117. The number of methoxy groups -OCH3 is 1. The fraction of sp³-hybridized carbons (Fsp3) is 0.273. The Balaban J connectivity index is 2.55. The van der Waals surface area contributed by atoms with E-state index < -0.39 is 0 Å². The minimum atomic E-state index is -0.0788. The topological polar surface area (TPSA) is 64.3 Å². The predicted molar refractivity (Wildman–Crippen MR) is 67.5 cm³/mol. The van der Waals surface area contributed by atoms with E-state index in [1.165, 1.54) is 0 Å². The Morgan fingerprint density at radius 1 is 1.44 bits per heavy atom. The Morgan fingerprint density at radius 2 is 2.06 bits per heavy atom. The van der Waals surface area contributed by atoms with Crippen LogP contribution in [0.4, 0.5) is 5.69 Å². The van der Waals surface area contributed by atoms with Crippen LogP contribution in [0.3, 0.4) is 0 Å². The molecule has 0 aliphatic heterocycles. The van der Waals surface area contributed by atoms with Gasteiger partial charge in [-0.2, -0.15) is 0 Å². The molecule has 4 nitrogen and oxygen atoms in total. The number of hydrogen-bond acceptors (Lipinski definition) is 3. The van der Waals surface area contributed by atoms with Crippen LogP contribution in [0.5, 0.6) is 0 Å². The third-order valence-corrected chi connectivity index (χ3v) is 2.22. The Labute approximate surface area is 99.8 Å². The number of nitrogens with two attached hydrogens (primary N) is 1. The summed E-state index contributed by atoms with van der Waals surface area (Å²) in [5.41, 5.74) is 6.96. The van der Waals surface area contributed by atoms with Crippen molar-refractivity contribution in [2.45, 2.75) is 6.42 Å². The van der Waals surface area contributed by atoms with Crippen LogP contribution in [-0.2, 0) is 9.53 Å². The predicted octanol–water partition coefficient (Wildman–Crippen LogP) is 1.30. The van der Waals surface area contributed by atoms with Crippen LogP contribution in [-0.4, -0.2) is 24.6 Å². The van der Waals surface area contributed by atoms with Gasteiger partial charge in [0, 0.05) is 18.4 Å². The molecule has 1 rings (SSSR count). The largest absolute Gasteiger partial charge is 0.389 e. The van der Waals surface area contributed by atoms with Gasteiger partial charge in [-0.1, -0.05) is 12.2 Å². The molecule has 0 saturated carbocycles. The second-order valence-corrected chi connectivity index (χ2v) is 3.67. The maximum absolute atomic E-state index is 11.3. The van der Waals surface area contributed by atoms with Crippen LogP contribution in [0.15, 0.2) is 24.3 Å². The van der Waals surface area contributed by atoms with Crippen molar-refractivity contribution in [3.8, 4) is 0 Å². The maximum atomic E-state index is 11.3. The van der Waals surface area contributed by atoms with Crippen molar-refractivity contribution in [2.75, 3.05) is 19.0 Å². The van der Waals surface area contributed by atoms with Crippen molar-refractivity contribution in [1.29, 1.82) is 0 Å². The van der Waals surface area contributed by atoms with Gasteiger partial charge >= 0.3 is 0 Å². The molecule has 16 heavy (non-hydrogen) atoms. The Morgan fingerprint density at radius 3 is 2.56 bits per heavy atom. The van der Waals surface area contributed by atoms with E-state index in [1.54, 1.807) is 31.4 Å². The summed E-state index contributed by atoms with van der Waals surface area (Å²) in [7, 11) is 1.56. The molecule has 0 heterocycles. The summed E-state index contributed by atoms with van der Waals surface area (Å²) in [6.45, 7) is 0.413. The van der Waals surface area contributed by atoms with Gasteiger partial charge in [0.05, 0.1) is 13.0 Å². The quantitative estimate of drug-likeness (QED) is 0.759. The van der Waals surface area contributed by atoms with Gasteiger partial charge in [0.15, 0.2) is 0 Å². The molecule has 0 radical (unpaired) electrons. The highest BCUT2D eigenvalue weighted by Gasteiger charge is 2.02. The minimum absolute atomic E-state index is 0.0788. The van der Waals surface area contributed by atoms with Gasteiger partial charge in [-0.25, -0.2) is 0 Å². The highest BCUT2D eigenvalue weighted by molar-refractivity contribution is 7.80. The molecule has 0 aliphatic rings. The van der Waals surface area contributed by atoms with Gasteiger partial charge in [0.1, 0.15) is 4.99 Å². The zero-order chi connectivity index (χ0) is 12.0. The van der Waals surface area contributed by atoms with E-state index in [-0.39, 0.29) is 5.91 Å². The molecular formula is C11H14N2O2S. The number of amides is 1. The first kappa shape index (κ1) is 12.6. The molecule has 5 heteroatoms. The molecule has 1 aromatic carbocycles. The van der Waals surface area contributed by atoms with Gasteiger partial charge in [-0.05, 0) is 24.3 Å². The monoisotopic (exact) mass is 238 g/mol. The van der Waals surface area contributed by atoms with Crippen LogP contribution in [0.1, 0.15) is 12.0 Å². The van der Waals surface area contributed by atoms with Gasteiger partial charge < -0.3 is 15.8 Å². The molecule has 0 aromatic heterocycles. The van der Waals surface area contributed by atoms with Gasteiger partial charge in [-0.3, -0.25) is 4.79 Å². The molecule has 0 atom stereocenters. The lowest BCUT2D eigenvalue weighted by atomic mass is 10.2. The summed E-state index contributed by atoms with van der Waals surface area (Å²) in [5.74, 6) is -0.0788. The first-order chi connectivity index (χ1) is 7.63. The van der Waals surface area contributed by atoms with Gasteiger partial charge in [0.2, 0.25) is 5.91 Å². The average Bonchev–Trinajstić information content (AvgIpc) is 2.27. The lowest BCUT2D eigenvalue weighted by Crippen LogP contribution is -2.14. The normalized spacial score (nSPS) is 9.81. The van der Waals surface area contributed by atoms with Crippen molar-refractivity contribution in [2.24, 2.45) is 5.73 Å². The van der Waals surface area contributed by atoms with E-state index >= 15 is 0 Å². The SMILES string of the molecule is COCCC(=O)Nc1ccc(C(N)=S)cc1. The molecule has 1 amide bonds. The van der Waals surface area contributed by atoms with Crippen molar-refractivity contribution in [3.63, 3.8) is 0 Å².